The molecular formula is C11H20N4O3. The van der Waals surface area contributed by atoms with Gasteiger partial charge in [-0.05, 0) is 25.8 Å². The lowest BCUT2D eigenvalue weighted by molar-refractivity contribution is -0.127. The van der Waals surface area contributed by atoms with Gasteiger partial charge in [0.1, 0.15) is 0 Å². The number of primary amides is 1. The maximum absolute atomic E-state index is 12.0. The van der Waals surface area contributed by atoms with E-state index in [-0.39, 0.29) is 18.9 Å². The fraction of sp³-hybridized carbons (Fsp3) is 0.727. The van der Waals surface area contributed by atoms with E-state index < -0.39 is 17.5 Å². The van der Waals surface area contributed by atoms with Crippen molar-refractivity contribution in [2.24, 2.45) is 5.73 Å². The molecule has 1 heterocycles. The standard InChI is InChI=1S/C11H20N4O3/c1-2-11(5-3-6-14-11)9(17)13-7-4-8(16)15-10(12)18/h14H,2-7H2,1H3,(H,13,17)(H3,12,15,16,18). The van der Waals surface area contributed by atoms with Gasteiger partial charge >= 0.3 is 6.03 Å². The van der Waals surface area contributed by atoms with Crippen LogP contribution in [0.2, 0.25) is 0 Å². The summed E-state index contributed by atoms with van der Waals surface area (Å²) in [7, 11) is 0. The summed E-state index contributed by atoms with van der Waals surface area (Å²) in [6, 6.07) is -0.881. The van der Waals surface area contributed by atoms with Gasteiger partial charge in [-0.3, -0.25) is 14.9 Å². The molecule has 0 aromatic heterocycles. The monoisotopic (exact) mass is 256 g/mol. The Hall–Kier alpha value is -1.63. The van der Waals surface area contributed by atoms with Gasteiger partial charge in [0.25, 0.3) is 0 Å². The van der Waals surface area contributed by atoms with E-state index in [1.165, 1.54) is 0 Å². The van der Waals surface area contributed by atoms with Crippen molar-refractivity contribution in [2.45, 2.75) is 38.1 Å². The highest BCUT2D eigenvalue weighted by molar-refractivity contribution is 5.94. The van der Waals surface area contributed by atoms with Crippen molar-refractivity contribution in [1.29, 1.82) is 0 Å². The first kappa shape index (κ1) is 14.4. The highest BCUT2D eigenvalue weighted by Crippen LogP contribution is 2.22. The number of nitrogens with one attached hydrogen (secondary N) is 3. The van der Waals surface area contributed by atoms with E-state index in [1.54, 1.807) is 0 Å². The molecule has 1 fully saturated rings. The first-order valence-corrected chi connectivity index (χ1v) is 6.13. The van der Waals surface area contributed by atoms with Crippen molar-refractivity contribution in [3.8, 4) is 0 Å². The first-order valence-electron chi connectivity index (χ1n) is 6.13. The molecule has 0 bridgehead atoms. The molecule has 5 N–H and O–H groups in total. The van der Waals surface area contributed by atoms with Crippen LogP contribution in [0, 0.1) is 0 Å². The molecule has 0 aliphatic carbocycles. The summed E-state index contributed by atoms with van der Waals surface area (Å²) >= 11 is 0. The zero-order chi connectivity index (χ0) is 13.6. The minimum absolute atomic E-state index is 0.0362. The Morgan fingerprint density at radius 1 is 1.39 bits per heavy atom. The summed E-state index contributed by atoms with van der Waals surface area (Å²) in [5, 5.41) is 7.85. The molecule has 1 aliphatic rings. The quantitative estimate of drug-likeness (QED) is 0.516. The van der Waals surface area contributed by atoms with Crippen molar-refractivity contribution in [3.05, 3.63) is 0 Å². The van der Waals surface area contributed by atoms with Gasteiger partial charge < -0.3 is 16.4 Å². The van der Waals surface area contributed by atoms with Gasteiger partial charge in [-0.1, -0.05) is 6.92 Å². The van der Waals surface area contributed by atoms with Crippen LogP contribution in [0.4, 0.5) is 4.79 Å². The molecule has 0 radical (unpaired) electrons. The Balaban J connectivity index is 2.32. The maximum atomic E-state index is 12.0. The Morgan fingerprint density at radius 2 is 2.11 bits per heavy atom. The van der Waals surface area contributed by atoms with Crippen LogP contribution in [0.25, 0.3) is 0 Å². The number of hydrogen-bond acceptors (Lipinski definition) is 4. The van der Waals surface area contributed by atoms with Gasteiger partial charge in [-0.25, -0.2) is 4.79 Å². The second-order valence-electron chi connectivity index (χ2n) is 4.38. The second-order valence-corrected chi connectivity index (χ2v) is 4.38. The van der Waals surface area contributed by atoms with Crippen molar-refractivity contribution in [3.63, 3.8) is 0 Å². The third-order valence-corrected chi connectivity index (χ3v) is 3.18. The van der Waals surface area contributed by atoms with E-state index in [9.17, 15) is 14.4 Å². The molecule has 0 saturated carbocycles. The van der Waals surface area contributed by atoms with Gasteiger partial charge in [0.15, 0.2) is 0 Å². The molecule has 1 rings (SSSR count). The highest BCUT2D eigenvalue weighted by Gasteiger charge is 2.38. The molecule has 0 spiro atoms. The van der Waals surface area contributed by atoms with Gasteiger partial charge in [0, 0.05) is 13.0 Å². The predicted octanol–water partition coefficient (Wildman–Crippen LogP) is -0.780. The molecule has 1 saturated heterocycles. The number of carbonyl (C=O) groups excluding carboxylic acids is 3. The fourth-order valence-corrected chi connectivity index (χ4v) is 2.12. The fourth-order valence-electron chi connectivity index (χ4n) is 2.12. The molecule has 1 unspecified atom stereocenters. The van der Waals surface area contributed by atoms with Crippen molar-refractivity contribution < 1.29 is 14.4 Å². The summed E-state index contributed by atoms with van der Waals surface area (Å²) < 4.78 is 0. The number of urea groups is 1. The topological polar surface area (TPSA) is 113 Å². The molecule has 1 atom stereocenters. The Bertz CT molecular complexity index is 337. The Morgan fingerprint density at radius 3 is 2.61 bits per heavy atom. The minimum Gasteiger partial charge on any atom is -0.354 e. The zero-order valence-corrected chi connectivity index (χ0v) is 10.5. The van der Waals surface area contributed by atoms with Crippen LogP contribution in [-0.2, 0) is 9.59 Å². The number of amides is 4. The van der Waals surface area contributed by atoms with Crippen molar-refractivity contribution >= 4 is 17.8 Å². The lowest BCUT2D eigenvalue weighted by Gasteiger charge is -2.26. The largest absolute Gasteiger partial charge is 0.354 e. The second kappa shape index (κ2) is 6.34. The lowest BCUT2D eigenvalue weighted by atomic mass is 9.93. The van der Waals surface area contributed by atoms with Crippen molar-refractivity contribution in [2.75, 3.05) is 13.1 Å². The molecule has 7 heteroatoms. The maximum Gasteiger partial charge on any atom is 0.318 e. The molecule has 18 heavy (non-hydrogen) atoms. The van der Waals surface area contributed by atoms with Crippen LogP contribution in [-0.4, -0.2) is 36.5 Å². The molecule has 4 amide bonds. The third-order valence-electron chi connectivity index (χ3n) is 3.18. The van der Waals surface area contributed by atoms with Crippen LogP contribution in [0.15, 0.2) is 0 Å². The van der Waals surface area contributed by atoms with Crippen LogP contribution in [0.3, 0.4) is 0 Å². The normalized spacial score (nSPS) is 22.5. The van der Waals surface area contributed by atoms with E-state index in [2.05, 4.69) is 10.6 Å². The van der Waals surface area contributed by atoms with Gasteiger partial charge in [0.05, 0.1) is 5.54 Å². The molecule has 7 nitrogen and oxygen atoms in total. The van der Waals surface area contributed by atoms with Crippen LogP contribution in [0.1, 0.15) is 32.6 Å². The number of rotatable bonds is 5. The lowest BCUT2D eigenvalue weighted by Crippen LogP contribution is -2.53. The Labute approximate surface area is 106 Å². The number of hydrogen-bond donors (Lipinski definition) is 4. The molecule has 1 aliphatic heterocycles. The van der Waals surface area contributed by atoms with Gasteiger partial charge in [-0.15, -0.1) is 0 Å². The highest BCUT2D eigenvalue weighted by atomic mass is 16.2. The summed E-state index contributed by atoms with van der Waals surface area (Å²) in [4.78, 5) is 33.5. The summed E-state index contributed by atoms with van der Waals surface area (Å²) in [6.07, 6.45) is 2.53. The number of nitrogens with two attached hydrogens (primary N) is 1. The van der Waals surface area contributed by atoms with E-state index in [1.807, 2.05) is 12.2 Å². The SMILES string of the molecule is CCC1(C(=O)NCCC(=O)NC(N)=O)CCCN1. The van der Waals surface area contributed by atoms with Crippen LogP contribution < -0.4 is 21.7 Å². The smallest absolute Gasteiger partial charge is 0.318 e. The molecule has 0 aromatic carbocycles. The molecule has 102 valence electrons. The minimum atomic E-state index is -0.881. The van der Waals surface area contributed by atoms with E-state index in [4.69, 9.17) is 5.73 Å². The average Bonchev–Trinajstić information content (AvgIpc) is 2.77. The van der Waals surface area contributed by atoms with E-state index in [0.29, 0.717) is 6.42 Å². The van der Waals surface area contributed by atoms with Crippen LogP contribution >= 0.6 is 0 Å². The third kappa shape index (κ3) is 3.69. The summed E-state index contributed by atoms with van der Waals surface area (Å²) in [6.45, 7) is 2.99. The molecular weight excluding hydrogens is 236 g/mol. The zero-order valence-electron chi connectivity index (χ0n) is 10.5. The van der Waals surface area contributed by atoms with Gasteiger partial charge in [-0.2, -0.15) is 0 Å². The number of carbonyl (C=O) groups is 3. The predicted molar refractivity (Wildman–Crippen MR) is 65.6 cm³/mol. The number of imide groups is 1. The van der Waals surface area contributed by atoms with Gasteiger partial charge in [0.2, 0.25) is 11.8 Å². The van der Waals surface area contributed by atoms with Crippen LogP contribution in [0.5, 0.6) is 0 Å². The average molecular weight is 256 g/mol. The first-order chi connectivity index (χ1) is 8.50. The van der Waals surface area contributed by atoms with E-state index >= 15 is 0 Å². The summed E-state index contributed by atoms with van der Waals surface area (Å²) in [5.74, 6) is -0.581. The van der Waals surface area contributed by atoms with Crippen molar-refractivity contribution in [1.82, 2.24) is 16.0 Å². The van der Waals surface area contributed by atoms with E-state index in [0.717, 1.165) is 19.4 Å². The Kier molecular flexibility index (Phi) is 5.08. The summed E-state index contributed by atoms with van der Waals surface area (Å²) in [5.41, 5.74) is 4.30. The molecule has 0 aromatic rings.